The monoisotopic (exact) mass is 425 g/mol. The number of benzene rings is 2. The molecule has 2 aromatic rings. The number of nitrogens with zero attached hydrogens (tertiary/aromatic N) is 2. The van der Waals surface area contributed by atoms with Crippen molar-refractivity contribution in [1.29, 1.82) is 0 Å². The number of hydrogen-bond donors (Lipinski definition) is 0. The number of fused-ring (bicyclic) bond motifs is 2. The Morgan fingerprint density at radius 1 is 0.935 bits per heavy atom. The number of anilines is 1. The summed E-state index contributed by atoms with van der Waals surface area (Å²) in [6, 6.07) is 18.5. The Balaban J connectivity index is 1.62. The molecule has 2 aromatic carbocycles. The Morgan fingerprint density at radius 2 is 1.71 bits per heavy atom. The first-order valence-corrected chi connectivity index (χ1v) is 15.0. The van der Waals surface area contributed by atoms with Gasteiger partial charge in [0.05, 0.1) is 14.5 Å². The van der Waals surface area contributed by atoms with E-state index in [4.69, 9.17) is 0 Å². The summed E-state index contributed by atoms with van der Waals surface area (Å²) in [7, 11) is -1.80. The van der Waals surface area contributed by atoms with Crippen LogP contribution in [-0.4, -0.2) is 44.5 Å². The Hall–Kier alpha value is -2.39. The highest BCUT2D eigenvalue weighted by Crippen LogP contribution is 2.57. The molecule has 1 aliphatic carbocycles. The number of allylic oxidation sites excluding steroid dienone is 3. The van der Waals surface area contributed by atoms with Crippen LogP contribution in [0.2, 0.25) is 18.1 Å². The molecule has 0 saturated carbocycles. The minimum absolute atomic E-state index is 0.207. The van der Waals surface area contributed by atoms with Crippen molar-refractivity contribution in [2.24, 2.45) is 0 Å². The summed E-state index contributed by atoms with van der Waals surface area (Å²) in [6.45, 7) is 12.7. The highest BCUT2D eigenvalue weighted by atomic mass is 28.3. The second kappa shape index (κ2) is 6.80. The van der Waals surface area contributed by atoms with Crippen LogP contribution in [-0.2, 0) is 0 Å². The highest BCUT2D eigenvalue weighted by molar-refractivity contribution is 6.94. The average Bonchev–Trinajstić information content (AvgIpc) is 2.68. The van der Waals surface area contributed by atoms with E-state index in [2.05, 4.69) is 90.2 Å². The third-order valence-corrected chi connectivity index (χ3v) is 13.7. The molecule has 4 aliphatic rings. The minimum atomic E-state index is -1.80. The van der Waals surface area contributed by atoms with Crippen molar-refractivity contribution in [3.8, 4) is 0 Å². The van der Waals surface area contributed by atoms with Gasteiger partial charge in [0, 0.05) is 36.3 Å². The van der Waals surface area contributed by atoms with Crippen molar-refractivity contribution < 1.29 is 4.58 Å². The summed E-state index contributed by atoms with van der Waals surface area (Å²) in [6.07, 6.45) is 8.77. The largest absolute Gasteiger partial charge is 0.371 e. The molecular formula is C28H33N2Si+. The Bertz CT molecular complexity index is 1140. The zero-order valence-electron chi connectivity index (χ0n) is 19.1. The van der Waals surface area contributed by atoms with Crippen LogP contribution in [0.25, 0.3) is 5.57 Å². The number of hydrogen-bond acceptors (Lipinski definition) is 1. The van der Waals surface area contributed by atoms with Gasteiger partial charge in [-0.25, -0.2) is 4.58 Å². The van der Waals surface area contributed by atoms with Crippen LogP contribution < -0.4 is 10.1 Å². The maximum atomic E-state index is 2.63. The molecule has 0 aromatic heterocycles. The van der Waals surface area contributed by atoms with E-state index in [1.54, 1.807) is 16.5 Å². The third kappa shape index (κ3) is 2.72. The van der Waals surface area contributed by atoms with Gasteiger partial charge in [0.15, 0.2) is 5.71 Å². The van der Waals surface area contributed by atoms with Crippen LogP contribution in [0, 0.1) is 0 Å². The fourth-order valence-corrected chi connectivity index (χ4v) is 9.50. The van der Waals surface area contributed by atoms with Gasteiger partial charge in [0.1, 0.15) is 13.1 Å². The molecular weight excluding hydrogens is 392 g/mol. The van der Waals surface area contributed by atoms with Crippen LogP contribution in [0.5, 0.6) is 0 Å². The van der Waals surface area contributed by atoms with Crippen molar-refractivity contribution in [2.75, 3.05) is 31.1 Å². The van der Waals surface area contributed by atoms with Gasteiger partial charge in [-0.05, 0) is 46.0 Å². The number of rotatable bonds is 2. The van der Waals surface area contributed by atoms with Gasteiger partial charge >= 0.3 is 0 Å². The van der Waals surface area contributed by atoms with Crippen LogP contribution in [0.15, 0.2) is 66.3 Å². The van der Waals surface area contributed by atoms with E-state index in [0.717, 1.165) is 0 Å². The molecule has 0 N–H and O–H groups in total. The van der Waals surface area contributed by atoms with Crippen LogP contribution in [0.3, 0.4) is 0 Å². The van der Waals surface area contributed by atoms with Gasteiger partial charge < -0.3 is 4.90 Å². The SMILES string of the molecule is CC12CC(=[N+]3CCC3)C=CC1=C(c1ccccc1)c1ccc(N3CCC3)cc1[Si]2(C)C. The van der Waals surface area contributed by atoms with E-state index < -0.39 is 8.07 Å². The van der Waals surface area contributed by atoms with Crippen molar-refractivity contribution in [2.45, 2.75) is 44.3 Å². The molecule has 1 unspecified atom stereocenters. The lowest BCUT2D eigenvalue weighted by Gasteiger charge is -2.51. The minimum Gasteiger partial charge on any atom is -0.371 e. The Kier molecular flexibility index (Phi) is 4.23. The maximum Gasteiger partial charge on any atom is 0.176 e. The van der Waals surface area contributed by atoms with Gasteiger partial charge in [-0.3, -0.25) is 0 Å². The summed E-state index contributed by atoms with van der Waals surface area (Å²) < 4.78 is 2.61. The fraction of sp³-hybridized carbons (Fsp3) is 0.393. The van der Waals surface area contributed by atoms with Crippen LogP contribution in [0.1, 0.15) is 37.3 Å². The average molecular weight is 426 g/mol. The zero-order valence-corrected chi connectivity index (χ0v) is 20.1. The summed E-state index contributed by atoms with van der Waals surface area (Å²) in [5.41, 5.74) is 8.89. The maximum absolute atomic E-state index is 2.63. The molecule has 0 spiro atoms. The molecule has 2 saturated heterocycles. The van der Waals surface area contributed by atoms with Gasteiger partial charge in [-0.15, -0.1) is 0 Å². The molecule has 3 heteroatoms. The first-order valence-electron chi connectivity index (χ1n) is 12.0. The lowest BCUT2D eigenvalue weighted by atomic mass is 9.80. The summed E-state index contributed by atoms with van der Waals surface area (Å²) >= 11 is 0. The zero-order chi connectivity index (χ0) is 21.2. The molecule has 6 rings (SSSR count). The Morgan fingerprint density at radius 3 is 2.35 bits per heavy atom. The van der Waals surface area contributed by atoms with Gasteiger partial charge in [0.2, 0.25) is 0 Å². The van der Waals surface area contributed by atoms with E-state index in [-0.39, 0.29) is 5.04 Å². The van der Waals surface area contributed by atoms with E-state index in [1.807, 2.05) is 0 Å². The lowest BCUT2D eigenvalue weighted by Crippen LogP contribution is -2.58. The molecule has 2 fully saturated rings. The molecule has 0 radical (unpaired) electrons. The second-order valence-corrected chi connectivity index (χ2v) is 15.4. The van der Waals surface area contributed by atoms with E-state index in [9.17, 15) is 0 Å². The topological polar surface area (TPSA) is 6.25 Å². The molecule has 3 aliphatic heterocycles. The molecule has 0 bridgehead atoms. The fourth-order valence-electron chi connectivity index (χ4n) is 6.01. The first kappa shape index (κ1) is 19.3. The van der Waals surface area contributed by atoms with Crippen molar-refractivity contribution in [3.05, 3.63) is 77.4 Å². The van der Waals surface area contributed by atoms with E-state index in [0.29, 0.717) is 0 Å². The molecule has 31 heavy (non-hydrogen) atoms. The predicted octanol–water partition coefficient (Wildman–Crippen LogP) is 5.21. The van der Waals surface area contributed by atoms with Gasteiger partial charge in [0.25, 0.3) is 0 Å². The normalized spacial score (nSPS) is 26.2. The van der Waals surface area contributed by atoms with Gasteiger partial charge in [-0.1, -0.05) is 62.5 Å². The smallest absolute Gasteiger partial charge is 0.176 e. The van der Waals surface area contributed by atoms with Crippen molar-refractivity contribution >= 4 is 30.2 Å². The second-order valence-electron chi connectivity index (χ2n) is 10.5. The molecule has 2 nitrogen and oxygen atoms in total. The lowest BCUT2D eigenvalue weighted by molar-refractivity contribution is -0.583. The van der Waals surface area contributed by atoms with Gasteiger partial charge in [-0.2, -0.15) is 0 Å². The standard InChI is InChI=1S/C28H33N2Si/c1-28-20-23(30-17-8-18-30)12-14-25(28)27(21-9-5-4-6-10-21)24-13-11-22(29-15-7-16-29)19-26(24)31(28,2)3/h4-6,9-14,19H,7-8,15-18,20H2,1-3H3/q+1. The predicted molar refractivity (Wildman–Crippen MR) is 135 cm³/mol. The van der Waals surface area contributed by atoms with E-state index in [1.165, 1.54) is 67.8 Å². The summed E-state index contributed by atoms with van der Waals surface area (Å²) in [5.74, 6) is 0. The summed E-state index contributed by atoms with van der Waals surface area (Å²) in [5, 5.41) is 1.86. The van der Waals surface area contributed by atoms with Crippen LogP contribution in [0.4, 0.5) is 5.69 Å². The summed E-state index contributed by atoms with van der Waals surface area (Å²) in [4.78, 5) is 2.55. The highest BCUT2D eigenvalue weighted by Gasteiger charge is 2.54. The van der Waals surface area contributed by atoms with Crippen molar-refractivity contribution in [3.63, 3.8) is 0 Å². The van der Waals surface area contributed by atoms with E-state index >= 15 is 0 Å². The van der Waals surface area contributed by atoms with Crippen LogP contribution >= 0.6 is 0 Å². The Labute approximate surface area is 187 Å². The molecule has 158 valence electrons. The third-order valence-electron chi connectivity index (χ3n) is 8.71. The van der Waals surface area contributed by atoms with Crippen molar-refractivity contribution in [1.82, 2.24) is 0 Å². The molecule has 0 amide bonds. The molecule has 1 atom stereocenters. The molecule has 3 heterocycles. The quantitative estimate of drug-likeness (QED) is 0.473. The first-order chi connectivity index (χ1) is 15.0.